The minimum Gasteiger partial charge on any atom is -0.421 e. The van der Waals surface area contributed by atoms with Crippen LogP contribution >= 0.6 is 0 Å². The Bertz CT molecular complexity index is 855. The predicted molar refractivity (Wildman–Crippen MR) is 79.7 cm³/mol. The van der Waals surface area contributed by atoms with Gasteiger partial charge in [-0.25, -0.2) is 0 Å². The zero-order chi connectivity index (χ0) is 18.9. The van der Waals surface area contributed by atoms with Gasteiger partial charge in [-0.05, 0) is 30.3 Å². The molecule has 26 heavy (non-hydrogen) atoms. The van der Waals surface area contributed by atoms with Gasteiger partial charge in [0.2, 0.25) is 0 Å². The van der Waals surface area contributed by atoms with Gasteiger partial charge in [0, 0.05) is 36.4 Å². The number of ketones is 2. The van der Waals surface area contributed by atoms with Crippen LogP contribution in [0.1, 0.15) is 33.6 Å². The Morgan fingerprint density at radius 2 is 1.35 bits per heavy atom. The second-order valence-corrected chi connectivity index (χ2v) is 5.48. The van der Waals surface area contributed by atoms with Gasteiger partial charge in [0.05, 0.1) is 0 Å². The monoisotopic (exact) mass is 369 g/mol. The fourth-order valence-corrected chi connectivity index (χ4v) is 2.29. The number of carbonyl (C=O) groups is 2. The summed E-state index contributed by atoms with van der Waals surface area (Å²) in [6.07, 6.45) is -7.10. The van der Waals surface area contributed by atoms with Gasteiger partial charge < -0.3 is 9.47 Å². The van der Waals surface area contributed by atoms with Crippen molar-refractivity contribution in [3.05, 3.63) is 53.9 Å². The lowest BCUT2D eigenvalue weighted by Crippen LogP contribution is -2.52. The summed E-state index contributed by atoms with van der Waals surface area (Å²) in [7, 11) is 0. The molecule has 1 aliphatic rings. The number of rotatable bonds is 5. The molecular weight excluding hydrogens is 358 g/mol. The fourth-order valence-electron chi connectivity index (χ4n) is 2.29. The van der Waals surface area contributed by atoms with E-state index in [0.29, 0.717) is 5.56 Å². The predicted octanol–water partition coefficient (Wildman–Crippen LogP) is 3.88. The van der Waals surface area contributed by atoms with Crippen molar-refractivity contribution in [2.75, 3.05) is 0 Å². The zero-order valence-corrected chi connectivity index (χ0v) is 13.0. The van der Waals surface area contributed by atoms with Crippen LogP contribution in [-0.4, -0.2) is 28.8 Å². The van der Waals surface area contributed by atoms with Gasteiger partial charge in [-0.15, -0.1) is 0 Å². The Morgan fingerprint density at radius 1 is 0.808 bits per heavy atom. The Kier molecular flexibility index (Phi) is 4.39. The SMILES string of the molecule is O=C(CCC(=O)c1ccc2c(c1)OC(F)(F)C(F)(F)O2)c1ccncc1. The standard InChI is InChI=1S/C17H11F4NO4/c18-16(19)17(20,21)26-15-9-11(1-4-14(15)25-16)13(24)3-2-12(23)10-5-7-22-8-6-10/h1,4-9H,2-3H2. The van der Waals surface area contributed by atoms with Crippen LogP contribution < -0.4 is 9.47 Å². The molecule has 1 aromatic carbocycles. The van der Waals surface area contributed by atoms with E-state index in [2.05, 4.69) is 14.5 Å². The van der Waals surface area contributed by atoms with E-state index in [-0.39, 0.29) is 24.2 Å². The number of nitrogens with zero attached hydrogens (tertiary/aromatic N) is 1. The van der Waals surface area contributed by atoms with Crippen molar-refractivity contribution in [1.82, 2.24) is 4.98 Å². The van der Waals surface area contributed by atoms with E-state index in [9.17, 15) is 27.2 Å². The maximum atomic E-state index is 13.2. The smallest absolute Gasteiger partial charge is 0.421 e. The molecule has 0 unspecified atom stereocenters. The van der Waals surface area contributed by atoms with Crippen LogP contribution in [0.15, 0.2) is 42.7 Å². The Balaban J connectivity index is 1.71. The highest BCUT2D eigenvalue weighted by atomic mass is 19.3. The Hall–Kier alpha value is -2.97. The molecule has 136 valence electrons. The number of pyridine rings is 1. The van der Waals surface area contributed by atoms with Crippen molar-refractivity contribution in [2.24, 2.45) is 0 Å². The Morgan fingerprint density at radius 3 is 1.96 bits per heavy atom. The van der Waals surface area contributed by atoms with Crippen molar-refractivity contribution in [3.8, 4) is 11.5 Å². The number of hydrogen-bond acceptors (Lipinski definition) is 5. The number of halogens is 4. The van der Waals surface area contributed by atoms with Gasteiger partial charge in [0.1, 0.15) is 0 Å². The third kappa shape index (κ3) is 3.37. The molecule has 0 saturated heterocycles. The number of benzene rings is 1. The molecule has 1 aliphatic heterocycles. The minimum atomic E-state index is -4.86. The van der Waals surface area contributed by atoms with Crippen LogP contribution in [0.2, 0.25) is 0 Å². The largest absolute Gasteiger partial charge is 0.507 e. The summed E-state index contributed by atoms with van der Waals surface area (Å²) >= 11 is 0. The highest BCUT2D eigenvalue weighted by Gasteiger charge is 2.65. The van der Waals surface area contributed by atoms with Gasteiger partial charge in [-0.2, -0.15) is 17.6 Å². The molecular formula is C17H11F4NO4. The average Bonchev–Trinajstić information content (AvgIpc) is 2.60. The molecule has 0 N–H and O–H groups in total. The lowest BCUT2D eigenvalue weighted by molar-refractivity contribution is -0.391. The van der Waals surface area contributed by atoms with E-state index in [1.165, 1.54) is 24.5 Å². The third-order valence-corrected chi connectivity index (χ3v) is 3.66. The summed E-state index contributed by atoms with van der Waals surface area (Å²) in [4.78, 5) is 27.9. The molecule has 2 heterocycles. The number of ether oxygens (including phenoxy) is 2. The summed E-state index contributed by atoms with van der Waals surface area (Å²) in [5.41, 5.74) is 0.327. The van der Waals surface area contributed by atoms with Crippen LogP contribution in [0.3, 0.4) is 0 Å². The minimum absolute atomic E-state index is 0.0594. The summed E-state index contributed by atoms with van der Waals surface area (Å²) in [5.74, 6) is -2.10. The van der Waals surface area contributed by atoms with E-state index < -0.39 is 29.5 Å². The third-order valence-electron chi connectivity index (χ3n) is 3.66. The molecule has 0 aliphatic carbocycles. The first-order valence-corrected chi connectivity index (χ1v) is 7.44. The van der Waals surface area contributed by atoms with Crippen molar-refractivity contribution < 1.29 is 36.6 Å². The first-order chi connectivity index (χ1) is 12.2. The summed E-state index contributed by atoms with van der Waals surface area (Å²) in [6, 6.07) is 5.97. The molecule has 5 nitrogen and oxygen atoms in total. The molecule has 1 aromatic heterocycles. The van der Waals surface area contributed by atoms with E-state index in [1.807, 2.05) is 0 Å². The second kappa shape index (κ2) is 6.40. The molecule has 0 fully saturated rings. The van der Waals surface area contributed by atoms with E-state index in [4.69, 9.17) is 0 Å². The van der Waals surface area contributed by atoms with E-state index >= 15 is 0 Å². The summed E-state index contributed by atoms with van der Waals surface area (Å²) in [5, 5.41) is 0. The van der Waals surface area contributed by atoms with Gasteiger partial charge >= 0.3 is 12.2 Å². The first-order valence-electron chi connectivity index (χ1n) is 7.44. The number of alkyl halides is 4. The van der Waals surface area contributed by atoms with Gasteiger partial charge in [0.15, 0.2) is 23.1 Å². The van der Waals surface area contributed by atoms with Crippen LogP contribution in [-0.2, 0) is 0 Å². The number of aromatic nitrogens is 1. The summed E-state index contributed by atoms with van der Waals surface area (Å²) in [6.45, 7) is 0. The number of hydrogen-bond donors (Lipinski definition) is 0. The first kappa shape index (κ1) is 17.8. The van der Waals surface area contributed by atoms with Crippen molar-refractivity contribution in [1.29, 1.82) is 0 Å². The highest BCUT2D eigenvalue weighted by Crippen LogP contribution is 2.47. The second-order valence-electron chi connectivity index (χ2n) is 5.48. The molecule has 0 bridgehead atoms. The molecule has 0 atom stereocenters. The van der Waals surface area contributed by atoms with Gasteiger partial charge in [-0.3, -0.25) is 14.6 Å². The maximum Gasteiger partial charge on any atom is 0.507 e. The molecule has 0 amide bonds. The quantitative estimate of drug-likeness (QED) is 0.591. The maximum absolute atomic E-state index is 13.2. The van der Waals surface area contributed by atoms with E-state index in [0.717, 1.165) is 18.2 Å². The van der Waals surface area contributed by atoms with Crippen molar-refractivity contribution in [2.45, 2.75) is 25.1 Å². The lowest BCUT2D eigenvalue weighted by atomic mass is 10.0. The normalized spacial score (nSPS) is 16.8. The molecule has 0 spiro atoms. The number of fused-ring (bicyclic) bond motifs is 1. The average molecular weight is 369 g/mol. The topological polar surface area (TPSA) is 65.5 Å². The molecule has 2 aromatic rings. The van der Waals surface area contributed by atoms with Crippen molar-refractivity contribution >= 4 is 11.6 Å². The van der Waals surface area contributed by atoms with Crippen LogP contribution in [0, 0.1) is 0 Å². The molecule has 0 radical (unpaired) electrons. The summed E-state index contributed by atoms with van der Waals surface area (Å²) < 4.78 is 60.5. The molecule has 9 heteroatoms. The molecule has 0 saturated carbocycles. The Labute approximate surface area is 144 Å². The highest BCUT2D eigenvalue weighted by molar-refractivity contribution is 6.02. The fraction of sp³-hybridized carbons (Fsp3) is 0.235. The molecule has 3 rings (SSSR count). The lowest BCUT2D eigenvalue weighted by Gasteiger charge is -2.31. The van der Waals surface area contributed by atoms with Crippen molar-refractivity contribution in [3.63, 3.8) is 0 Å². The zero-order valence-electron chi connectivity index (χ0n) is 13.0. The van der Waals surface area contributed by atoms with Crippen LogP contribution in [0.5, 0.6) is 11.5 Å². The van der Waals surface area contributed by atoms with Crippen LogP contribution in [0.25, 0.3) is 0 Å². The van der Waals surface area contributed by atoms with E-state index in [1.54, 1.807) is 0 Å². The van der Waals surface area contributed by atoms with Crippen LogP contribution in [0.4, 0.5) is 17.6 Å². The van der Waals surface area contributed by atoms with Gasteiger partial charge in [-0.1, -0.05) is 0 Å². The van der Waals surface area contributed by atoms with Gasteiger partial charge in [0.25, 0.3) is 0 Å². The number of carbonyl (C=O) groups excluding carboxylic acids is 2. The number of Topliss-reactive ketones (excluding diaryl/α,β-unsaturated/α-hetero) is 2.